The van der Waals surface area contributed by atoms with Crippen molar-refractivity contribution in [2.75, 3.05) is 17.3 Å². The van der Waals surface area contributed by atoms with Crippen LogP contribution in [0.1, 0.15) is 23.7 Å². The summed E-state index contributed by atoms with van der Waals surface area (Å²) >= 11 is 0. The normalized spacial score (nSPS) is 15.9. The lowest BCUT2D eigenvalue weighted by Crippen LogP contribution is -2.58. The number of rotatable bonds is 7. The van der Waals surface area contributed by atoms with Gasteiger partial charge >= 0.3 is 6.03 Å². The van der Waals surface area contributed by atoms with Gasteiger partial charge in [-0.25, -0.2) is 15.1 Å². The molecule has 0 aliphatic carbocycles. The van der Waals surface area contributed by atoms with E-state index in [-0.39, 0.29) is 17.2 Å². The van der Waals surface area contributed by atoms with Crippen LogP contribution in [0, 0.1) is 5.92 Å². The van der Waals surface area contributed by atoms with Gasteiger partial charge in [0, 0.05) is 23.9 Å². The van der Waals surface area contributed by atoms with E-state index in [1.165, 1.54) is 31.4 Å². The molecule has 170 valence electrons. The Morgan fingerprint density at radius 3 is 2.36 bits per heavy atom. The molecule has 0 spiro atoms. The Morgan fingerprint density at radius 2 is 1.76 bits per heavy atom. The Hall–Kier alpha value is -4.54. The Balaban J connectivity index is 1.67. The molecule has 1 heterocycles. The SMILES string of the molecule is CCC(=O)Nc1ccc(C(=O)NN=CC2C(=O)NC(=O)N(c3ccc(OC)cc3)C2=O)cc1. The number of urea groups is 1. The molecule has 6 amide bonds. The van der Waals surface area contributed by atoms with Gasteiger partial charge in [0.15, 0.2) is 5.92 Å². The summed E-state index contributed by atoms with van der Waals surface area (Å²) < 4.78 is 5.05. The number of carbonyl (C=O) groups excluding carboxylic acids is 5. The number of ether oxygens (including phenoxy) is 1. The second-order valence-electron chi connectivity index (χ2n) is 6.84. The van der Waals surface area contributed by atoms with Crippen LogP contribution in [-0.4, -0.2) is 43.0 Å². The van der Waals surface area contributed by atoms with Crippen molar-refractivity contribution in [1.29, 1.82) is 0 Å². The maximum absolute atomic E-state index is 12.8. The van der Waals surface area contributed by atoms with Gasteiger partial charge in [-0.1, -0.05) is 6.92 Å². The number of hydrazone groups is 1. The number of benzene rings is 2. The van der Waals surface area contributed by atoms with Crippen LogP contribution in [0.4, 0.5) is 16.2 Å². The molecule has 0 bridgehead atoms. The minimum Gasteiger partial charge on any atom is -0.497 e. The van der Waals surface area contributed by atoms with Gasteiger partial charge in [-0.05, 0) is 48.5 Å². The molecule has 3 N–H and O–H groups in total. The van der Waals surface area contributed by atoms with Crippen molar-refractivity contribution in [3.8, 4) is 5.75 Å². The maximum Gasteiger partial charge on any atom is 0.335 e. The second kappa shape index (κ2) is 10.2. The van der Waals surface area contributed by atoms with E-state index in [1.807, 2.05) is 0 Å². The van der Waals surface area contributed by atoms with E-state index in [0.717, 1.165) is 11.1 Å². The minimum atomic E-state index is -1.42. The zero-order valence-electron chi connectivity index (χ0n) is 17.8. The summed E-state index contributed by atoms with van der Waals surface area (Å²) in [6.45, 7) is 1.72. The molecule has 1 aliphatic rings. The third-order valence-corrected chi connectivity index (χ3v) is 4.67. The van der Waals surface area contributed by atoms with Crippen molar-refractivity contribution in [2.24, 2.45) is 11.0 Å². The molecule has 1 atom stereocenters. The predicted molar refractivity (Wildman–Crippen MR) is 119 cm³/mol. The monoisotopic (exact) mass is 451 g/mol. The van der Waals surface area contributed by atoms with Crippen LogP contribution in [0.3, 0.4) is 0 Å². The van der Waals surface area contributed by atoms with Crippen LogP contribution in [0.15, 0.2) is 53.6 Å². The van der Waals surface area contributed by atoms with E-state index in [4.69, 9.17) is 4.74 Å². The number of amides is 6. The Labute approximate surface area is 188 Å². The molecule has 33 heavy (non-hydrogen) atoms. The lowest BCUT2D eigenvalue weighted by Gasteiger charge is -2.28. The smallest absolute Gasteiger partial charge is 0.335 e. The van der Waals surface area contributed by atoms with Crippen LogP contribution >= 0.6 is 0 Å². The van der Waals surface area contributed by atoms with Crippen molar-refractivity contribution in [3.63, 3.8) is 0 Å². The van der Waals surface area contributed by atoms with Crippen molar-refractivity contribution in [3.05, 3.63) is 54.1 Å². The summed E-state index contributed by atoms with van der Waals surface area (Å²) in [5, 5.41) is 8.45. The molecule has 0 radical (unpaired) electrons. The summed E-state index contributed by atoms with van der Waals surface area (Å²) in [6.07, 6.45) is 1.28. The van der Waals surface area contributed by atoms with E-state index < -0.39 is 29.7 Å². The first-order valence-electron chi connectivity index (χ1n) is 9.90. The molecule has 1 aliphatic heterocycles. The first kappa shape index (κ1) is 23.1. The third-order valence-electron chi connectivity index (χ3n) is 4.67. The number of methoxy groups -OCH3 is 1. The second-order valence-corrected chi connectivity index (χ2v) is 6.84. The maximum atomic E-state index is 12.8. The van der Waals surface area contributed by atoms with E-state index in [9.17, 15) is 24.0 Å². The molecule has 1 fully saturated rings. The lowest BCUT2D eigenvalue weighted by molar-refractivity contribution is -0.131. The quantitative estimate of drug-likeness (QED) is 0.331. The molecule has 0 saturated carbocycles. The van der Waals surface area contributed by atoms with E-state index in [0.29, 0.717) is 17.9 Å². The highest BCUT2D eigenvalue weighted by molar-refractivity contribution is 6.32. The number of hydrogen-bond donors (Lipinski definition) is 3. The first-order chi connectivity index (χ1) is 15.8. The van der Waals surface area contributed by atoms with Gasteiger partial charge in [-0.15, -0.1) is 0 Å². The molecular formula is C22H21N5O6. The molecule has 11 nitrogen and oxygen atoms in total. The summed E-state index contributed by atoms with van der Waals surface area (Å²) in [5.41, 5.74) is 3.25. The average Bonchev–Trinajstić information content (AvgIpc) is 2.81. The standard InChI is InChI=1S/C22H21N5O6/c1-3-18(28)24-14-6-4-13(5-7-14)19(29)26-23-12-17-20(30)25-22(32)27(21(17)31)15-8-10-16(33-2)11-9-15/h4-12,17H,3H2,1-2H3,(H,24,28)(H,26,29)(H,25,30,32). The zero-order chi connectivity index (χ0) is 24.0. The van der Waals surface area contributed by atoms with Gasteiger partial charge in [0.25, 0.3) is 11.8 Å². The number of nitrogens with zero attached hydrogens (tertiary/aromatic N) is 2. The van der Waals surface area contributed by atoms with Crippen LogP contribution in [0.5, 0.6) is 5.75 Å². The van der Waals surface area contributed by atoms with Crippen LogP contribution in [0.25, 0.3) is 0 Å². The fourth-order valence-electron chi connectivity index (χ4n) is 2.89. The van der Waals surface area contributed by atoms with Crippen LogP contribution < -0.4 is 25.7 Å². The fourth-order valence-corrected chi connectivity index (χ4v) is 2.89. The van der Waals surface area contributed by atoms with E-state index in [1.54, 1.807) is 31.2 Å². The Morgan fingerprint density at radius 1 is 1.09 bits per heavy atom. The number of anilines is 2. The zero-order valence-corrected chi connectivity index (χ0v) is 17.8. The highest BCUT2D eigenvalue weighted by Gasteiger charge is 2.40. The predicted octanol–water partition coefficient (Wildman–Crippen LogP) is 1.66. The summed E-state index contributed by atoms with van der Waals surface area (Å²) in [6, 6.07) is 11.3. The van der Waals surface area contributed by atoms with Gasteiger partial charge in [0.1, 0.15) is 5.75 Å². The molecule has 2 aromatic carbocycles. The largest absolute Gasteiger partial charge is 0.497 e. The third kappa shape index (κ3) is 5.39. The molecule has 3 rings (SSSR count). The molecule has 1 saturated heterocycles. The average molecular weight is 451 g/mol. The van der Waals surface area contributed by atoms with E-state index in [2.05, 4.69) is 21.2 Å². The topological polar surface area (TPSA) is 146 Å². The molecule has 1 unspecified atom stereocenters. The Bertz CT molecular complexity index is 1110. The van der Waals surface area contributed by atoms with Crippen LogP contribution in [0.2, 0.25) is 0 Å². The summed E-state index contributed by atoms with van der Waals surface area (Å²) in [5.74, 6) is -3.31. The van der Waals surface area contributed by atoms with E-state index >= 15 is 0 Å². The molecule has 0 aromatic heterocycles. The fraction of sp³-hybridized carbons (Fsp3) is 0.182. The number of barbiturate groups is 1. The van der Waals surface area contributed by atoms with Crippen molar-refractivity contribution >= 4 is 47.2 Å². The number of hydrogen-bond acceptors (Lipinski definition) is 7. The Kier molecular flexibility index (Phi) is 7.13. The van der Waals surface area contributed by atoms with Gasteiger partial charge < -0.3 is 10.1 Å². The van der Waals surface area contributed by atoms with Crippen molar-refractivity contribution in [1.82, 2.24) is 10.7 Å². The van der Waals surface area contributed by atoms with Gasteiger partial charge in [-0.3, -0.25) is 24.5 Å². The van der Waals surface area contributed by atoms with Crippen molar-refractivity contribution < 1.29 is 28.7 Å². The number of carbonyl (C=O) groups is 5. The summed E-state index contributed by atoms with van der Waals surface area (Å²) in [4.78, 5) is 61.6. The van der Waals surface area contributed by atoms with Gasteiger partial charge in [-0.2, -0.15) is 5.10 Å². The van der Waals surface area contributed by atoms with Crippen molar-refractivity contribution in [2.45, 2.75) is 13.3 Å². The number of nitrogens with one attached hydrogen (secondary N) is 3. The molecular weight excluding hydrogens is 430 g/mol. The highest BCUT2D eigenvalue weighted by Crippen LogP contribution is 2.23. The summed E-state index contributed by atoms with van der Waals surface area (Å²) in [7, 11) is 1.48. The number of imide groups is 2. The highest BCUT2D eigenvalue weighted by atomic mass is 16.5. The first-order valence-corrected chi connectivity index (χ1v) is 9.90. The van der Waals surface area contributed by atoms with Gasteiger partial charge in [0.2, 0.25) is 11.8 Å². The van der Waals surface area contributed by atoms with Crippen LogP contribution in [-0.2, 0) is 14.4 Å². The molecule has 11 heteroatoms. The minimum absolute atomic E-state index is 0.158. The lowest BCUT2D eigenvalue weighted by atomic mass is 10.1. The molecule has 2 aromatic rings. The van der Waals surface area contributed by atoms with Gasteiger partial charge in [0.05, 0.1) is 12.8 Å².